The molecule has 2 aromatic carbocycles. The number of benzene rings is 2. The van der Waals surface area contributed by atoms with Gasteiger partial charge in [-0.3, -0.25) is 4.72 Å². The molecule has 0 amide bonds. The third-order valence-corrected chi connectivity index (χ3v) is 4.50. The first kappa shape index (κ1) is 14.6. The quantitative estimate of drug-likeness (QED) is 0.855. The molecule has 0 aliphatic heterocycles. The highest BCUT2D eigenvalue weighted by Crippen LogP contribution is 2.27. The van der Waals surface area contributed by atoms with E-state index in [2.05, 4.69) is 4.72 Å². The van der Waals surface area contributed by atoms with Crippen molar-refractivity contribution in [1.29, 1.82) is 0 Å². The molecular weight excluding hydrogens is 303 g/mol. The Morgan fingerprint density at radius 2 is 1.90 bits per heavy atom. The minimum Gasteiger partial charge on any atom is -0.399 e. The molecule has 0 fully saturated rings. The van der Waals surface area contributed by atoms with Gasteiger partial charge in [-0.1, -0.05) is 11.6 Å². The van der Waals surface area contributed by atoms with Gasteiger partial charge in [0, 0.05) is 5.69 Å². The molecule has 0 atom stereocenters. The van der Waals surface area contributed by atoms with Crippen molar-refractivity contribution in [2.24, 2.45) is 0 Å². The molecule has 106 valence electrons. The highest BCUT2D eigenvalue weighted by atomic mass is 35.5. The number of halogens is 2. The molecule has 0 aliphatic rings. The summed E-state index contributed by atoms with van der Waals surface area (Å²) in [4.78, 5) is -0.00760. The summed E-state index contributed by atoms with van der Waals surface area (Å²) < 4.78 is 39.9. The van der Waals surface area contributed by atoms with Crippen LogP contribution in [0, 0.1) is 12.7 Å². The Morgan fingerprint density at radius 1 is 1.20 bits per heavy atom. The molecule has 0 saturated heterocycles. The van der Waals surface area contributed by atoms with E-state index >= 15 is 0 Å². The fourth-order valence-corrected chi connectivity index (χ4v) is 3.33. The molecule has 0 aliphatic carbocycles. The van der Waals surface area contributed by atoms with Gasteiger partial charge in [0.15, 0.2) is 0 Å². The standard InChI is InChI=1S/C13H12ClFN2O2S/c1-8-6-9(15)2-5-13(8)20(18,19)17-12-4-3-10(16)7-11(12)14/h2-7,17H,16H2,1H3. The minimum atomic E-state index is -3.84. The number of nitrogens with one attached hydrogen (secondary N) is 1. The predicted molar refractivity (Wildman–Crippen MR) is 77.8 cm³/mol. The molecular formula is C13H12ClFN2O2S. The van der Waals surface area contributed by atoms with Crippen LogP contribution >= 0.6 is 11.6 Å². The zero-order valence-corrected chi connectivity index (χ0v) is 12.1. The Labute approximate surface area is 121 Å². The number of hydrogen-bond donors (Lipinski definition) is 2. The van der Waals surface area contributed by atoms with Gasteiger partial charge >= 0.3 is 0 Å². The van der Waals surface area contributed by atoms with Crippen molar-refractivity contribution in [2.75, 3.05) is 10.5 Å². The second kappa shape index (κ2) is 5.30. The van der Waals surface area contributed by atoms with E-state index in [0.717, 1.165) is 12.1 Å². The van der Waals surface area contributed by atoms with E-state index in [1.54, 1.807) is 0 Å². The van der Waals surface area contributed by atoms with Gasteiger partial charge in [-0.2, -0.15) is 0 Å². The number of anilines is 2. The lowest BCUT2D eigenvalue weighted by Crippen LogP contribution is -2.14. The molecule has 2 aromatic rings. The molecule has 0 radical (unpaired) electrons. The van der Waals surface area contributed by atoms with E-state index < -0.39 is 15.8 Å². The molecule has 2 rings (SSSR count). The number of hydrogen-bond acceptors (Lipinski definition) is 3. The largest absolute Gasteiger partial charge is 0.399 e. The van der Waals surface area contributed by atoms with E-state index in [4.69, 9.17) is 17.3 Å². The average Bonchev–Trinajstić information content (AvgIpc) is 2.32. The second-order valence-corrected chi connectivity index (χ2v) is 6.31. The van der Waals surface area contributed by atoms with Crippen LogP contribution in [-0.4, -0.2) is 8.42 Å². The minimum absolute atomic E-state index is 0.00760. The first-order valence-electron chi connectivity index (χ1n) is 5.63. The Balaban J connectivity index is 2.41. The summed E-state index contributed by atoms with van der Waals surface area (Å²) >= 11 is 5.92. The van der Waals surface area contributed by atoms with Crippen LogP contribution in [0.2, 0.25) is 5.02 Å². The van der Waals surface area contributed by atoms with E-state index in [1.807, 2.05) is 0 Å². The van der Waals surface area contributed by atoms with Gasteiger partial charge in [-0.15, -0.1) is 0 Å². The van der Waals surface area contributed by atoms with Gasteiger partial charge in [-0.25, -0.2) is 12.8 Å². The maximum absolute atomic E-state index is 13.0. The van der Waals surface area contributed by atoms with Crippen LogP contribution in [-0.2, 0) is 10.0 Å². The number of rotatable bonds is 3. The lowest BCUT2D eigenvalue weighted by Gasteiger charge is -2.12. The van der Waals surface area contributed by atoms with Crippen LogP contribution in [0.3, 0.4) is 0 Å². The first-order valence-corrected chi connectivity index (χ1v) is 7.50. The van der Waals surface area contributed by atoms with Crippen molar-refractivity contribution in [2.45, 2.75) is 11.8 Å². The fourth-order valence-electron chi connectivity index (χ4n) is 1.73. The molecule has 4 nitrogen and oxygen atoms in total. The van der Waals surface area contributed by atoms with Crippen LogP contribution < -0.4 is 10.5 Å². The third kappa shape index (κ3) is 3.02. The van der Waals surface area contributed by atoms with Crippen LogP contribution in [0.5, 0.6) is 0 Å². The number of nitrogen functional groups attached to an aromatic ring is 1. The highest BCUT2D eigenvalue weighted by molar-refractivity contribution is 7.92. The fraction of sp³-hybridized carbons (Fsp3) is 0.0769. The maximum atomic E-state index is 13.0. The summed E-state index contributed by atoms with van der Waals surface area (Å²) in [7, 11) is -3.84. The Bertz CT molecular complexity index is 763. The smallest absolute Gasteiger partial charge is 0.262 e. The van der Waals surface area contributed by atoms with E-state index in [1.165, 1.54) is 31.2 Å². The van der Waals surface area contributed by atoms with Crippen molar-refractivity contribution in [3.8, 4) is 0 Å². The normalized spacial score (nSPS) is 11.3. The van der Waals surface area contributed by atoms with E-state index in [-0.39, 0.29) is 15.6 Å². The molecule has 0 heterocycles. The molecule has 0 aromatic heterocycles. The van der Waals surface area contributed by atoms with Crippen LogP contribution in [0.15, 0.2) is 41.3 Å². The van der Waals surface area contributed by atoms with Gasteiger partial charge < -0.3 is 5.73 Å². The second-order valence-electron chi connectivity index (χ2n) is 4.25. The SMILES string of the molecule is Cc1cc(F)ccc1S(=O)(=O)Nc1ccc(N)cc1Cl. The predicted octanol–water partition coefficient (Wildman–Crippen LogP) is 3.17. The van der Waals surface area contributed by atoms with Crippen molar-refractivity contribution < 1.29 is 12.8 Å². The van der Waals surface area contributed by atoms with Gasteiger partial charge in [0.05, 0.1) is 15.6 Å². The monoisotopic (exact) mass is 314 g/mol. The van der Waals surface area contributed by atoms with Gasteiger partial charge in [0.2, 0.25) is 0 Å². The molecule has 0 bridgehead atoms. The average molecular weight is 315 g/mol. The zero-order chi connectivity index (χ0) is 14.9. The van der Waals surface area contributed by atoms with E-state index in [0.29, 0.717) is 11.3 Å². The number of sulfonamides is 1. The lowest BCUT2D eigenvalue weighted by molar-refractivity contribution is 0.598. The summed E-state index contributed by atoms with van der Waals surface area (Å²) in [5.41, 5.74) is 6.49. The summed E-state index contributed by atoms with van der Waals surface area (Å²) in [6.07, 6.45) is 0. The summed E-state index contributed by atoms with van der Waals surface area (Å²) in [6, 6.07) is 7.88. The van der Waals surface area contributed by atoms with Gasteiger partial charge in [0.25, 0.3) is 10.0 Å². The van der Waals surface area contributed by atoms with Crippen LogP contribution in [0.4, 0.5) is 15.8 Å². The van der Waals surface area contributed by atoms with Gasteiger partial charge in [-0.05, 0) is 48.9 Å². The summed E-state index contributed by atoms with van der Waals surface area (Å²) in [5, 5.41) is 0.188. The molecule has 0 saturated carbocycles. The molecule has 20 heavy (non-hydrogen) atoms. The Morgan fingerprint density at radius 3 is 2.50 bits per heavy atom. The molecule has 7 heteroatoms. The Kier molecular flexibility index (Phi) is 3.87. The lowest BCUT2D eigenvalue weighted by atomic mass is 10.2. The highest BCUT2D eigenvalue weighted by Gasteiger charge is 2.18. The van der Waals surface area contributed by atoms with Crippen molar-refractivity contribution in [3.05, 3.63) is 52.8 Å². The van der Waals surface area contributed by atoms with Crippen LogP contribution in [0.25, 0.3) is 0 Å². The number of nitrogens with two attached hydrogens (primary N) is 1. The van der Waals surface area contributed by atoms with E-state index in [9.17, 15) is 12.8 Å². The molecule has 0 unspecified atom stereocenters. The van der Waals surface area contributed by atoms with Crippen molar-refractivity contribution >= 4 is 33.0 Å². The summed E-state index contributed by atoms with van der Waals surface area (Å²) in [6.45, 7) is 1.52. The summed E-state index contributed by atoms with van der Waals surface area (Å²) in [5.74, 6) is -0.494. The van der Waals surface area contributed by atoms with Gasteiger partial charge in [0.1, 0.15) is 5.82 Å². The molecule has 3 N–H and O–H groups in total. The Hall–Kier alpha value is -1.79. The number of aryl methyl sites for hydroxylation is 1. The molecule has 0 spiro atoms. The topological polar surface area (TPSA) is 72.2 Å². The first-order chi connectivity index (χ1) is 9.29. The van der Waals surface area contributed by atoms with Crippen molar-refractivity contribution in [3.63, 3.8) is 0 Å². The third-order valence-electron chi connectivity index (χ3n) is 2.66. The van der Waals surface area contributed by atoms with Crippen molar-refractivity contribution in [1.82, 2.24) is 0 Å². The zero-order valence-electron chi connectivity index (χ0n) is 10.5. The maximum Gasteiger partial charge on any atom is 0.262 e. The van der Waals surface area contributed by atoms with Crippen LogP contribution in [0.1, 0.15) is 5.56 Å².